The summed E-state index contributed by atoms with van der Waals surface area (Å²) in [5.41, 5.74) is 2.03. The lowest BCUT2D eigenvalue weighted by Crippen LogP contribution is -2.24. The van der Waals surface area contributed by atoms with Gasteiger partial charge in [0, 0.05) is 11.1 Å². The van der Waals surface area contributed by atoms with E-state index in [9.17, 15) is 4.79 Å². The van der Waals surface area contributed by atoms with E-state index in [4.69, 9.17) is 11.6 Å². The number of hydrogen-bond acceptors (Lipinski definition) is 1. The molecule has 0 saturated carbocycles. The molecule has 2 aromatic rings. The van der Waals surface area contributed by atoms with Gasteiger partial charge in [0.25, 0.3) is 0 Å². The lowest BCUT2D eigenvalue weighted by atomic mass is 10.1. The van der Waals surface area contributed by atoms with Crippen molar-refractivity contribution in [1.29, 1.82) is 0 Å². The Balaban J connectivity index is 1.94. The van der Waals surface area contributed by atoms with E-state index in [1.54, 1.807) is 12.2 Å². The summed E-state index contributed by atoms with van der Waals surface area (Å²) in [6, 6.07) is 17.1. The topological polar surface area (TPSA) is 29.1 Å². The van der Waals surface area contributed by atoms with Crippen molar-refractivity contribution in [3.63, 3.8) is 0 Å². The maximum atomic E-state index is 11.8. The van der Waals surface area contributed by atoms with Crippen molar-refractivity contribution in [3.05, 3.63) is 76.8 Å². The molecule has 2 nitrogen and oxygen atoms in total. The van der Waals surface area contributed by atoms with Crippen LogP contribution in [0.4, 0.5) is 0 Å². The van der Waals surface area contributed by atoms with Gasteiger partial charge in [-0.1, -0.05) is 54.1 Å². The molecule has 0 heterocycles. The van der Waals surface area contributed by atoms with Crippen molar-refractivity contribution >= 4 is 23.6 Å². The van der Waals surface area contributed by atoms with Crippen LogP contribution in [0, 0.1) is 0 Å². The molecule has 0 spiro atoms. The highest BCUT2D eigenvalue weighted by Gasteiger charge is 2.06. The maximum Gasteiger partial charge on any atom is 0.244 e. The normalized spacial score (nSPS) is 12.3. The first-order valence-electron chi connectivity index (χ1n) is 6.44. The molecule has 0 saturated heterocycles. The molecule has 0 bridgehead atoms. The van der Waals surface area contributed by atoms with E-state index in [0.29, 0.717) is 5.02 Å². The van der Waals surface area contributed by atoms with E-state index in [-0.39, 0.29) is 11.9 Å². The van der Waals surface area contributed by atoms with Crippen LogP contribution in [0.1, 0.15) is 24.1 Å². The van der Waals surface area contributed by atoms with E-state index >= 15 is 0 Å². The number of amides is 1. The SMILES string of the molecule is C[C@@H](NC(=O)/C=C/c1ccccc1)c1ccc(Cl)cc1. The molecule has 0 radical (unpaired) electrons. The van der Waals surface area contributed by atoms with Gasteiger partial charge >= 0.3 is 0 Å². The first kappa shape index (κ1) is 14.4. The highest BCUT2D eigenvalue weighted by atomic mass is 35.5. The molecule has 0 unspecified atom stereocenters. The smallest absolute Gasteiger partial charge is 0.244 e. The predicted molar refractivity (Wildman–Crippen MR) is 83.5 cm³/mol. The number of rotatable bonds is 4. The molecule has 0 aliphatic rings. The van der Waals surface area contributed by atoms with Gasteiger partial charge in [0.1, 0.15) is 0 Å². The lowest BCUT2D eigenvalue weighted by Gasteiger charge is -2.12. The van der Waals surface area contributed by atoms with Crippen molar-refractivity contribution in [1.82, 2.24) is 5.32 Å². The monoisotopic (exact) mass is 285 g/mol. The fraction of sp³-hybridized carbons (Fsp3) is 0.118. The van der Waals surface area contributed by atoms with Crippen LogP contribution in [0.3, 0.4) is 0 Å². The van der Waals surface area contributed by atoms with Gasteiger partial charge in [-0.2, -0.15) is 0 Å². The third-order valence-corrected chi connectivity index (χ3v) is 3.21. The lowest BCUT2D eigenvalue weighted by molar-refractivity contribution is -0.117. The predicted octanol–water partition coefficient (Wildman–Crippen LogP) is 4.23. The Morgan fingerprint density at radius 1 is 1.10 bits per heavy atom. The highest BCUT2D eigenvalue weighted by molar-refractivity contribution is 6.30. The Bertz CT molecular complexity index is 590. The standard InChI is InChI=1S/C17H16ClNO/c1-13(15-8-10-16(18)11-9-15)19-17(20)12-7-14-5-3-2-4-6-14/h2-13H,1H3,(H,19,20)/b12-7+/t13-/m1/s1. The van der Waals surface area contributed by atoms with E-state index < -0.39 is 0 Å². The van der Waals surface area contributed by atoms with Crippen LogP contribution >= 0.6 is 11.6 Å². The van der Waals surface area contributed by atoms with Crippen LogP contribution < -0.4 is 5.32 Å². The number of hydrogen-bond donors (Lipinski definition) is 1. The van der Waals surface area contributed by atoms with Crippen molar-refractivity contribution < 1.29 is 4.79 Å². The Labute approximate surface area is 124 Å². The van der Waals surface area contributed by atoms with Crippen molar-refractivity contribution in [2.24, 2.45) is 0 Å². The van der Waals surface area contributed by atoms with Crippen LogP contribution in [-0.4, -0.2) is 5.91 Å². The van der Waals surface area contributed by atoms with E-state index in [2.05, 4.69) is 5.32 Å². The molecule has 1 amide bonds. The largest absolute Gasteiger partial charge is 0.346 e. The number of halogens is 1. The second-order valence-electron chi connectivity index (χ2n) is 4.53. The number of nitrogens with one attached hydrogen (secondary N) is 1. The summed E-state index contributed by atoms with van der Waals surface area (Å²) in [5.74, 6) is -0.115. The van der Waals surface area contributed by atoms with Gasteiger partial charge < -0.3 is 5.32 Å². The van der Waals surface area contributed by atoms with Crippen molar-refractivity contribution in [3.8, 4) is 0 Å². The summed E-state index contributed by atoms with van der Waals surface area (Å²) in [6.07, 6.45) is 3.34. The van der Waals surface area contributed by atoms with Crippen LogP contribution in [0.2, 0.25) is 5.02 Å². The quantitative estimate of drug-likeness (QED) is 0.837. The Kier molecular flexibility index (Phi) is 4.97. The Morgan fingerprint density at radius 2 is 1.75 bits per heavy atom. The van der Waals surface area contributed by atoms with Gasteiger partial charge in [-0.15, -0.1) is 0 Å². The van der Waals surface area contributed by atoms with E-state index in [0.717, 1.165) is 11.1 Å². The minimum Gasteiger partial charge on any atom is -0.346 e. The fourth-order valence-electron chi connectivity index (χ4n) is 1.83. The summed E-state index contributed by atoms with van der Waals surface area (Å²) >= 11 is 5.84. The molecule has 0 aliphatic carbocycles. The molecule has 1 atom stereocenters. The van der Waals surface area contributed by atoms with Crippen LogP contribution in [0.5, 0.6) is 0 Å². The van der Waals surface area contributed by atoms with Crippen LogP contribution in [-0.2, 0) is 4.79 Å². The molecular weight excluding hydrogens is 270 g/mol. The Hall–Kier alpha value is -2.06. The van der Waals surface area contributed by atoms with Crippen LogP contribution in [0.15, 0.2) is 60.7 Å². The zero-order chi connectivity index (χ0) is 14.4. The third kappa shape index (κ3) is 4.25. The maximum absolute atomic E-state index is 11.8. The highest BCUT2D eigenvalue weighted by Crippen LogP contribution is 2.15. The molecule has 1 N–H and O–H groups in total. The minimum absolute atomic E-state index is 0.0554. The van der Waals surface area contributed by atoms with E-state index in [1.807, 2.05) is 61.5 Å². The van der Waals surface area contributed by atoms with Crippen molar-refractivity contribution in [2.45, 2.75) is 13.0 Å². The molecule has 3 heteroatoms. The second-order valence-corrected chi connectivity index (χ2v) is 4.96. The zero-order valence-electron chi connectivity index (χ0n) is 11.2. The number of carbonyl (C=O) groups excluding carboxylic acids is 1. The number of benzene rings is 2. The van der Waals surface area contributed by atoms with Gasteiger partial charge in [-0.05, 0) is 36.3 Å². The molecule has 2 rings (SSSR count). The van der Waals surface area contributed by atoms with Gasteiger partial charge in [0.15, 0.2) is 0 Å². The molecular formula is C17H16ClNO. The first-order chi connectivity index (χ1) is 9.65. The summed E-state index contributed by atoms with van der Waals surface area (Å²) in [7, 11) is 0. The fourth-order valence-corrected chi connectivity index (χ4v) is 1.96. The van der Waals surface area contributed by atoms with Crippen molar-refractivity contribution in [2.75, 3.05) is 0 Å². The summed E-state index contributed by atoms with van der Waals surface area (Å²) in [4.78, 5) is 11.8. The molecule has 2 aromatic carbocycles. The van der Waals surface area contributed by atoms with Gasteiger partial charge in [0.05, 0.1) is 6.04 Å². The van der Waals surface area contributed by atoms with Gasteiger partial charge in [-0.25, -0.2) is 0 Å². The van der Waals surface area contributed by atoms with Gasteiger partial charge in [-0.3, -0.25) is 4.79 Å². The molecule has 0 aromatic heterocycles. The van der Waals surface area contributed by atoms with Gasteiger partial charge in [0.2, 0.25) is 5.91 Å². The third-order valence-electron chi connectivity index (χ3n) is 2.96. The average molecular weight is 286 g/mol. The zero-order valence-corrected chi connectivity index (χ0v) is 12.0. The number of carbonyl (C=O) groups is 1. The first-order valence-corrected chi connectivity index (χ1v) is 6.82. The Morgan fingerprint density at radius 3 is 2.40 bits per heavy atom. The minimum atomic E-state index is -0.115. The average Bonchev–Trinajstić information content (AvgIpc) is 2.47. The van der Waals surface area contributed by atoms with Crippen LogP contribution in [0.25, 0.3) is 6.08 Å². The summed E-state index contributed by atoms with van der Waals surface area (Å²) in [6.45, 7) is 1.94. The summed E-state index contributed by atoms with van der Waals surface area (Å²) < 4.78 is 0. The molecule has 102 valence electrons. The van der Waals surface area contributed by atoms with E-state index in [1.165, 1.54) is 0 Å². The molecule has 0 fully saturated rings. The second kappa shape index (κ2) is 6.92. The summed E-state index contributed by atoms with van der Waals surface area (Å²) in [5, 5.41) is 3.61. The molecule has 0 aliphatic heterocycles. The molecule has 20 heavy (non-hydrogen) atoms.